The number of hydrogen-bond acceptors (Lipinski definition) is 4. The van der Waals surface area contributed by atoms with Gasteiger partial charge < -0.3 is 0 Å². The summed E-state index contributed by atoms with van der Waals surface area (Å²) in [5, 5.41) is 0. The van der Waals surface area contributed by atoms with Crippen molar-refractivity contribution in [1.82, 2.24) is 19.9 Å². The molecule has 3 aromatic rings. The number of fused-ring (bicyclic) bond motifs is 1. The molecule has 1 aliphatic rings. The van der Waals surface area contributed by atoms with Crippen LogP contribution in [0.5, 0.6) is 0 Å². The summed E-state index contributed by atoms with van der Waals surface area (Å²) in [5.74, 6) is 0.355. The Labute approximate surface area is 173 Å². The van der Waals surface area contributed by atoms with Gasteiger partial charge in [-0.2, -0.15) is 26.3 Å². The summed E-state index contributed by atoms with van der Waals surface area (Å²) in [6.07, 6.45) is -5.40. The van der Waals surface area contributed by atoms with E-state index < -0.39 is 23.6 Å². The number of nitrogens with zero attached hydrogens (tertiary/aromatic N) is 4. The molecule has 3 heterocycles. The first kappa shape index (κ1) is 21.2. The summed E-state index contributed by atoms with van der Waals surface area (Å²) in [4.78, 5) is 14.3. The minimum Gasteiger partial charge on any atom is -0.294 e. The Morgan fingerprint density at radius 1 is 0.839 bits per heavy atom. The Morgan fingerprint density at radius 2 is 1.58 bits per heavy atom. The number of alkyl halides is 6. The van der Waals surface area contributed by atoms with Crippen LogP contribution in [0.25, 0.3) is 11.4 Å². The van der Waals surface area contributed by atoms with Crippen LogP contribution in [-0.2, 0) is 31.9 Å². The molecule has 0 unspecified atom stereocenters. The van der Waals surface area contributed by atoms with Crippen LogP contribution in [0.1, 0.15) is 28.1 Å². The SMILES string of the molecule is FC(F)(F)c1ccc(-c2ncc3c(n2)CCN(Cc2ccc(C(F)(F)F)nc2)C3)cc1. The molecule has 31 heavy (non-hydrogen) atoms. The van der Waals surface area contributed by atoms with E-state index in [0.29, 0.717) is 43.0 Å². The smallest absolute Gasteiger partial charge is 0.294 e. The van der Waals surface area contributed by atoms with Crippen molar-refractivity contribution in [2.45, 2.75) is 31.9 Å². The van der Waals surface area contributed by atoms with Gasteiger partial charge in [0.15, 0.2) is 5.82 Å². The molecule has 0 aliphatic carbocycles. The van der Waals surface area contributed by atoms with Gasteiger partial charge in [-0.25, -0.2) is 9.97 Å². The molecule has 162 valence electrons. The fourth-order valence-corrected chi connectivity index (χ4v) is 3.40. The third kappa shape index (κ3) is 4.84. The van der Waals surface area contributed by atoms with Crippen molar-refractivity contribution in [3.63, 3.8) is 0 Å². The molecule has 0 fully saturated rings. The maximum atomic E-state index is 12.7. The van der Waals surface area contributed by atoms with Crippen LogP contribution in [0.15, 0.2) is 48.8 Å². The lowest BCUT2D eigenvalue weighted by atomic mass is 10.1. The topological polar surface area (TPSA) is 41.9 Å². The van der Waals surface area contributed by atoms with Crippen molar-refractivity contribution >= 4 is 0 Å². The van der Waals surface area contributed by atoms with Crippen LogP contribution in [0.2, 0.25) is 0 Å². The molecular formula is C21H16F6N4. The average molecular weight is 438 g/mol. The lowest BCUT2D eigenvalue weighted by molar-refractivity contribution is -0.141. The van der Waals surface area contributed by atoms with Crippen molar-refractivity contribution < 1.29 is 26.3 Å². The Balaban J connectivity index is 1.45. The van der Waals surface area contributed by atoms with Gasteiger partial charge in [0.1, 0.15) is 5.69 Å². The summed E-state index contributed by atoms with van der Waals surface area (Å²) in [6, 6.07) is 7.06. The van der Waals surface area contributed by atoms with E-state index in [1.54, 1.807) is 6.20 Å². The molecule has 10 heteroatoms. The van der Waals surface area contributed by atoms with Gasteiger partial charge in [-0.3, -0.25) is 9.88 Å². The number of aromatic nitrogens is 3. The highest BCUT2D eigenvalue weighted by atomic mass is 19.4. The fraction of sp³-hybridized carbons (Fsp3) is 0.286. The molecular weight excluding hydrogens is 422 g/mol. The summed E-state index contributed by atoms with van der Waals surface area (Å²) in [6.45, 7) is 1.59. The van der Waals surface area contributed by atoms with Crippen LogP contribution in [-0.4, -0.2) is 26.4 Å². The zero-order valence-corrected chi connectivity index (χ0v) is 16.0. The molecule has 2 aromatic heterocycles. The summed E-state index contributed by atoms with van der Waals surface area (Å²) < 4.78 is 76.1. The third-order valence-corrected chi connectivity index (χ3v) is 5.00. The van der Waals surface area contributed by atoms with E-state index in [1.807, 2.05) is 4.90 Å². The second kappa shape index (κ2) is 7.92. The van der Waals surface area contributed by atoms with E-state index in [9.17, 15) is 26.3 Å². The molecule has 1 aromatic carbocycles. The van der Waals surface area contributed by atoms with Gasteiger partial charge in [0, 0.05) is 49.6 Å². The Kier molecular flexibility index (Phi) is 5.42. The predicted octanol–water partition coefficient (Wildman–Crippen LogP) is 5.13. The third-order valence-electron chi connectivity index (χ3n) is 5.00. The van der Waals surface area contributed by atoms with Crippen LogP contribution in [0, 0.1) is 0 Å². The second-order valence-corrected chi connectivity index (χ2v) is 7.25. The van der Waals surface area contributed by atoms with Crippen molar-refractivity contribution in [3.05, 3.63) is 76.9 Å². The summed E-state index contributed by atoms with van der Waals surface area (Å²) >= 11 is 0. The number of pyridine rings is 1. The van der Waals surface area contributed by atoms with E-state index in [4.69, 9.17) is 0 Å². The minimum absolute atomic E-state index is 0.355. The molecule has 0 saturated heterocycles. The van der Waals surface area contributed by atoms with Crippen molar-refractivity contribution in [2.24, 2.45) is 0 Å². The van der Waals surface area contributed by atoms with Gasteiger partial charge in [-0.05, 0) is 23.8 Å². The molecule has 0 amide bonds. The molecule has 4 rings (SSSR count). The highest BCUT2D eigenvalue weighted by molar-refractivity contribution is 5.56. The maximum absolute atomic E-state index is 12.7. The van der Waals surface area contributed by atoms with E-state index in [-0.39, 0.29) is 0 Å². The van der Waals surface area contributed by atoms with Gasteiger partial charge in [-0.15, -0.1) is 0 Å². The average Bonchev–Trinajstić information content (AvgIpc) is 2.72. The van der Waals surface area contributed by atoms with Gasteiger partial charge in [0.25, 0.3) is 0 Å². The van der Waals surface area contributed by atoms with Crippen LogP contribution in [0.3, 0.4) is 0 Å². The highest BCUT2D eigenvalue weighted by Crippen LogP contribution is 2.31. The quantitative estimate of drug-likeness (QED) is 0.532. The molecule has 4 nitrogen and oxygen atoms in total. The first-order valence-electron chi connectivity index (χ1n) is 9.36. The molecule has 0 atom stereocenters. The van der Waals surface area contributed by atoms with Gasteiger partial charge in [-0.1, -0.05) is 18.2 Å². The minimum atomic E-state index is -4.47. The summed E-state index contributed by atoms with van der Waals surface area (Å²) in [5.41, 5.74) is 1.19. The van der Waals surface area contributed by atoms with E-state index in [2.05, 4.69) is 15.0 Å². The molecule has 0 N–H and O–H groups in total. The first-order chi connectivity index (χ1) is 14.6. The van der Waals surface area contributed by atoms with Crippen LogP contribution in [0.4, 0.5) is 26.3 Å². The van der Waals surface area contributed by atoms with E-state index >= 15 is 0 Å². The Morgan fingerprint density at radius 3 is 2.19 bits per heavy atom. The van der Waals surface area contributed by atoms with Crippen molar-refractivity contribution in [1.29, 1.82) is 0 Å². The lowest BCUT2D eigenvalue weighted by Gasteiger charge is -2.28. The molecule has 0 bridgehead atoms. The van der Waals surface area contributed by atoms with Crippen molar-refractivity contribution in [2.75, 3.05) is 6.54 Å². The normalized spacial score (nSPS) is 15.0. The molecule has 0 radical (unpaired) electrons. The number of rotatable bonds is 3. The zero-order valence-electron chi connectivity index (χ0n) is 16.0. The van der Waals surface area contributed by atoms with Gasteiger partial charge in [0.05, 0.1) is 11.3 Å². The van der Waals surface area contributed by atoms with Crippen LogP contribution < -0.4 is 0 Å². The summed E-state index contributed by atoms with van der Waals surface area (Å²) in [7, 11) is 0. The second-order valence-electron chi connectivity index (χ2n) is 7.25. The first-order valence-corrected chi connectivity index (χ1v) is 9.36. The number of halogens is 6. The Bertz CT molecular complexity index is 1060. The standard InChI is InChI=1S/C21H16F6N4/c22-20(23,24)16-4-2-14(3-5-16)19-29-10-15-12-31(8-7-17(15)30-19)11-13-1-6-18(28-9-13)21(25,26)27/h1-6,9-10H,7-8,11-12H2. The fourth-order valence-electron chi connectivity index (χ4n) is 3.40. The highest BCUT2D eigenvalue weighted by Gasteiger charge is 2.32. The van der Waals surface area contributed by atoms with Gasteiger partial charge >= 0.3 is 12.4 Å². The largest absolute Gasteiger partial charge is 0.433 e. The molecule has 1 aliphatic heterocycles. The van der Waals surface area contributed by atoms with Crippen LogP contribution >= 0.6 is 0 Å². The van der Waals surface area contributed by atoms with E-state index in [1.165, 1.54) is 24.4 Å². The van der Waals surface area contributed by atoms with Crippen molar-refractivity contribution in [3.8, 4) is 11.4 Å². The maximum Gasteiger partial charge on any atom is 0.433 e. The predicted molar refractivity (Wildman–Crippen MR) is 99.5 cm³/mol. The Hall–Kier alpha value is -3.01. The number of hydrogen-bond donors (Lipinski definition) is 0. The van der Waals surface area contributed by atoms with E-state index in [0.717, 1.165) is 29.5 Å². The zero-order chi connectivity index (χ0) is 22.2. The lowest BCUT2D eigenvalue weighted by Crippen LogP contribution is -2.31. The molecule has 0 saturated carbocycles. The monoisotopic (exact) mass is 438 g/mol. The number of benzene rings is 1. The van der Waals surface area contributed by atoms with Gasteiger partial charge in [0.2, 0.25) is 0 Å². The molecule has 0 spiro atoms.